The molecular formula is C41H39Br4F2N9O4S2. The van der Waals surface area contributed by atoms with Crippen molar-refractivity contribution in [1.29, 1.82) is 10.5 Å². The van der Waals surface area contributed by atoms with Crippen LogP contribution in [0.15, 0.2) is 113 Å². The summed E-state index contributed by atoms with van der Waals surface area (Å²) in [5.41, 5.74) is 1.94. The number of nitrogens with zero attached hydrogens (tertiary/aromatic N) is 9. The van der Waals surface area contributed by atoms with E-state index >= 15 is 0 Å². The molecule has 7 rings (SSSR count). The lowest BCUT2D eigenvalue weighted by molar-refractivity contribution is 0.309. The Balaban J connectivity index is 0.000000209. The molecule has 5 aromatic rings. The van der Waals surface area contributed by atoms with Gasteiger partial charge in [-0.15, -0.1) is 0 Å². The third kappa shape index (κ3) is 10.6. The number of aromatic nitrogens is 3. The van der Waals surface area contributed by atoms with E-state index in [1.807, 2.05) is 51.1 Å². The summed E-state index contributed by atoms with van der Waals surface area (Å²) in [4.78, 5) is 4.80. The zero-order valence-corrected chi connectivity index (χ0v) is 41.4. The molecule has 0 spiro atoms. The Morgan fingerprint density at radius 2 is 1.21 bits per heavy atom. The monoisotopic (exact) mass is 1140 g/mol. The molecule has 2 fully saturated rings. The van der Waals surface area contributed by atoms with Crippen LogP contribution >= 0.6 is 63.7 Å². The quantitative estimate of drug-likeness (QED) is 0.117. The van der Waals surface area contributed by atoms with E-state index in [9.17, 15) is 36.1 Å². The van der Waals surface area contributed by atoms with Crippen LogP contribution in [0.3, 0.4) is 0 Å². The van der Waals surface area contributed by atoms with Crippen LogP contribution < -0.4 is 0 Å². The van der Waals surface area contributed by atoms with Crippen molar-refractivity contribution in [3.8, 4) is 18.1 Å². The Labute approximate surface area is 393 Å². The topological polar surface area (TPSA) is 160 Å². The Morgan fingerprint density at radius 1 is 0.710 bits per heavy atom. The van der Waals surface area contributed by atoms with Crippen LogP contribution in [0.2, 0.25) is 0 Å². The van der Waals surface area contributed by atoms with Crippen molar-refractivity contribution in [3.05, 3.63) is 131 Å². The fraction of sp³-hybridized carbons (Fsp3) is 0.317. The SMILES string of the molecule is C[C@H]1C[C@@H](N(Cc2cc(F)ccc2F)S(=O)(=O)c2cc(Br)ccc2Br)CN1C#N.Cc1nn(-c2ccccc2)nc1CN([C@@H]1C[C@H](C)N(C#N)C1)S(=O)(=O)c1cc(Br)ccc1Br. The van der Waals surface area contributed by atoms with Crippen molar-refractivity contribution in [2.45, 2.75) is 80.7 Å². The Bertz CT molecular complexity index is 2760. The number of sulfonamides is 2. The number of halogens is 6. The van der Waals surface area contributed by atoms with Crippen LogP contribution in [0.5, 0.6) is 0 Å². The van der Waals surface area contributed by atoms with E-state index in [1.54, 1.807) is 35.2 Å². The number of nitriles is 2. The first-order valence-electron chi connectivity index (χ1n) is 19.0. The molecule has 0 N–H and O–H groups in total. The lowest BCUT2D eigenvalue weighted by Gasteiger charge is -2.28. The average Bonchev–Trinajstić information content (AvgIpc) is 3.93. The van der Waals surface area contributed by atoms with Gasteiger partial charge in [-0.2, -0.15) is 34.1 Å². The molecule has 2 saturated heterocycles. The van der Waals surface area contributed by atoms with Gasteiger partial charge in [0, 0.05) is 67.3 Å². The van der Waals surface area contributed by atoms with Gasteiger partial charge >= 0.3 is 0 Å². The smallest absolute Gasteiger partial charge is 0.244 e. The molecule has 0 aliphatic carbocycles. The first-order chi connectivity index (χ1) is 29.3. The number of aryl methyl sites for hydroxylation is 1. The molecule has 0 saturated carbocycles. The summed E-state index contributed by atoms with van der Waals surface area (Å²) in [5, 5.41) is 27.9. The summed E-state index contributed by atoms with van der Waals surface area (Å²) in [5.74, 6) is -1.34. The van der Waals surface area contributed by atoms with Gasteiger partial charge in [0.15, 0.2) is 12.4 Å². The molecule has 4 atom stereocenters. The number of hydrogen-bond acceptors (Lipinski definition) is 10. The zero-order chi connectivity index (χ0) is 45.1. The third-order valence-corrected chi connectivity index (χ3v) is 17.4. The molecule has 0 radical (unpaired) electrons. The molecule has 0 amide bonds. The van der Waals surface area contributed by atoms with Gasteiger partial charge in [-0.05, 0) is 132 Å². The van der Waals surface area contributed by atoms with Gasteiger partial charge < -0.3 is 9.80 Å². The highest BCUT2D eigenvalue weighted by molar-refractivity contribution is 9.11. The predicted molar refractivity (Wildman–Crippen MR) is 242 cm³/mol. The first kappa shape index (κ1) is 47.7. The van der Waals surface area contributed by atoms with Crippen molar-refractivity contribution in [2.75, 3.05) is 13.1 Å². The van der Waals surface area contributed by atoms with E-state index < -0.39 is 37.7 Å². The summed E-state index contributed by atoms with van der Waals surface area (Å²) in [7, 11) is -8.01. The molecule has 62 heavy (non-hydrogen) atoms. The molecule has 2 aliphatic rings. The number of benzene rings is 4. The molecule has 13 nitrogen and oxygen atoms in total. The van der Waals surface area contributed by atoms with Gasteiger partial charge in [-0.3, -0.25) is 0 Å². The summed E-state index contributed by atoms with van der Waals surface area (Å²) in [6.45, 7) is 5.79. The van der Waals surface area contributed by atoms with E-state index in [0.717, 1.165) is 28.2 Å². The highest BCUT2D eigenvalue weighted by Crippen LogP contribution is 2.35. The lowest BCUT2D eigenvalue weighted by Crippen LogP contribution is -2.41. The highest BCUT2D eigenvalue weighted by Gasteiger charge is 2.42. The second-order valence-corrected chi connectivity index (χ2v) is 22.1. The maximum Gasteiger partial charge on any atom is 0.244 e. The Kier molecular flexibility index (Phi) is 15.3. The van der Waals surface area contributed by atoms with Gasteiger partial charge in [-0.25, -0.2) is 25.6 Å². The van der Waals surface area contributed by atoms with Crippen molar-refractivity contribution in [1.82, 2.24) is 33.4 Å². The van der Waals surface area contributed by atoms with Gasteiger partial charge in [-0.1, -0.05) is 50.1 Å². The van der Waals surface area contributed by atoms with Crippen LogP contribution in [0, 0.1) is 41.5 Å². The fourth-order valence-corrected chi connectivity index (χ4v) is 13.5. The number of rotatable bonds is 11. The van der Waals surface area contributed by atoms with Crippen LogP contribution in [0.1, 0.15) is 43.6 Å². The average molecular weight is 1140 g/mol. The van der Waals surface area contributed by atoms with E-state index in [2.05, 4.69) is 86.3 Å². The Hall–Kier alpha value is -3.80. The molecular weight excluding hydrogens is 1100 g/mol. The third-order valence-electron chi connectivity index (χ3n) is 10.6. The standard InChI is InChI=1S/C22H22Br2N6O2S.C19H17Br2F2N3O2S/c1-15-10-19(12-28(15)14-25)29(33(31,32)22-11-17(23)8-9-20(22)24)13-21-16(2)26-30(27-21)18-6-4-3-5-7-18;1-12-6-16(10-25(12)11-24)26(9-13-7-15(22)3-5-18(13)23)29(27,28)19-8-14(20)2-4-17(19)21/h3-9,11,15,19H,10,12-13H2,1-2H3;2-5,7-8,12,16H,6,9-10H2,1H3/t15-,19+;12-,16+/m00/s1. The van der Waals surface area contributed by atoms with Crippen LogP contribution in [0.4, 0.5) is 8.78 Å². The second-order valence-electron chi connectivity index (χ2n) is 14.8. The summed E-state index contributed by atoms with van der Waals surface area (Å²) in [6.07, 6.45) is 5.17. The normalized spacial score (nSPS) is 19.0. The largest absolute Gasteiger partial charge is 0.306 e. The molecule has 2 aliphatic heterocycles. The highest BCUT2D eigenvalue weighted by atomic mass is 79.9. The van der Waals surface area contributed by atoms with E-state index in [1.165, 1.54) is 20.1 Å². The van der Waals surface area contributed by atoms with Gasteiger partial charge in [0.1, 0.15) is 17.3 Å². The minimum Gasteiger partial charge on any atom is -0.306 e. The van der Waals surface area contributed by atoms with Crippen LogP contribution in [0.25, 0.3) is 5.69 Å². The minimum absolute atomic E-state index is 0.00625. The maximum absolute atomic E-state index is 14.3. The molecule has 0 bridgehead atoms. The number of hydrogen-bond donors (Lipinski definition) is 0. The summed E-state index contributed by atoms with van der Waals surface area (Å²) in [6, 6.07) is 21.1. The predicted octanol–water partition coefficient (Wildman–Crippen LogP) is 8.86. The summed E-state index contributed by atoms with van der Waals surface area (Å²) >= 11 is 13.3. The molecule has 0 unspecified atom stereocenters. The molecule has 4 aromatic carbocycles. The van der Waals surface area contributed by atoms with Crippen molar-refractivity contribution in [3.63, 3.8) is 0 Å². The van der Waals surface area contributed by atoms with Crippen molar-refractivity contribution < 1.29 is 25.6 Å². The maximum atomic E-state index is 14.3. The molecule has 3 heterocycles. The van der Waals surface area contributed by atoms with Gasteiger partial charge in [0.05, 0.1) is 27.7 Å². The van der Waals surface area contributed by atoms with Gasteiger partial charge in [0.2, 0.25) is 20.0 Å². The lowest BCUT2D eigenvalue weighted by atomic mass is 10.1. The summed E-state index contributed by atoms with van der Waals surface area (Å²) < 4.78 is 87.6. The van der Waals surface area contributed by atoms with Crippen molar-refractivity contribution in [2.24, 2.45) is 0 Å². The Morgan fingerprint density at radius 3 is 1.69 bits per heavy atom. The second kappa shape index (κ2) is 19.9. The molecule has 21 heteroatoms. The first-order valence-corrected chi connectivity index (χ1v) is 25.1. The van der Waals surface area contributed by atoms with Crippen molar-refractivity contribution >= 4 is 83.8 Å². The molecule has 1 aromatic heterocycles. The van der Waals surface area contributed by atoms with E-state index in [-0.39, 0.29) is 53.1 Å². The van der Waals surface area contributed by atoms with E-state index in [4.69, 9.17) is 0 Å². The van der Waals surface area contributed by atoms with Crippen LogP contribution in [-0.4, -0.2) is 87.5 Å². The van der Waals surface area contributed by atoms with Crippen LogP contribution in [-0.2, 0) is 33.1 Å². The van der Waals surface area contributed by atoms with Gasteiger partial charge in [0.25, 0.3) is 0 Å². The molecule has 326 valence electrons. The number of likely N-dealkylation sites (tertiary alicyclic amines) is 2. The zero-order valence-electron chi connectivity index (χ0n) is 33.4. The minimum atomic E-state index is -4.09. The number of para-hydroxylation sites is 1. The fourth-order valence-electron chi connectivity index (χ4n) is 7.34. The van der Waals surface area contributed by atoms with E-state index in [0.29, 0.717) is 48.7 Å².